The highest BCUT2D eigenvalue weighted by Crippen LogP contribution is 2.25. The predicted molar refractivity (Wildman–Crippen MR) is 101 cm³/mol. The van der Waals surface area contributed by atoms with Gasteiger partial charge in [0.05, 0.1) is 12.1 Å². The first-order chi connectivity index (χ1) is 13.4. The molecule has 6 nitrogen and oxygen atoms in total. The van der Waals surface area contributed by atoms with Crippen molar-refractivity contribution in [2.75, 3.05) is 0 Å². The SMILES string of the molecule is O=C(N[C@@H]1CC[C@H](C(=O)NCc2ccc(F)cc2)C[C@H]1O)c1cccc(O)c1. The largest absolute Gasteiger partial charge is 0.508 e. The number of phenols is 1. The molecule has 28 heavy (non-hydrogen) atoms. The molecule has 0 heterocycles. The lowest BCUT2D eigenvalue weighted by molar-refractivity contribution is -0.127. The minimum absolute atomic E-state index is 0.00488. The molecule has 0 unspecified atom stereocenters. The zero-order valence-electron chi connectivity index (χ0n) is 15.3. The number of hydrogen-bond donors (Lipinski definition) is 4. The summed E-state index contributed by atoms with van der Waals surface area (Å²) in [7, 11) is 0. The number of phenolic OH excluding ortho intramolecular Hbond substituents is 1. The Hall–Kier alpha value is -2.93. The minimum Gasteiger partial charge on any atom is -0.508 e. The van der Waals surface area contributed by atoms with Crippen LogP contribution < -0.4 is 10.6 Å². The van der Waals surface area contributed by atoms with Crippen LogP contribution in [0.15, 0.2) is 48.5 Å². The van der Waals surface area contributed by atoms with Gasteiger partial charge in [0.25, 0.3) is 5.91 Å². The maximum absolute atomic E-state index is 12.9. The van der Waals surface area contributed by atoms with E-state index in [0.717, 1.165) is 5.56 Å². The number of benzene rings is 2. The van der Waals surface area contributed by atoms with Crippen LogP contribution in [0.4, 0.5) is 4.39 Å². The smallest absolute Gasteiger partial charge is 0.251 e. The van der Waals surface area contributed by atoms with E-state index >= 15 is 0 Å². The lowest BCUT2D eigenvalue weighted by Gasteiger charge is -2.33. The molecule has 4 N–H and O–H groups in total. The minimum atomic E-state index is -0.836. The highest BCUT2D eigenvalue weighted by Gasteiger charge is 2.33. The van der Waals surface area contributed by atoms with Gasteiger partial charge >= 0.3 is 0 Å². The van der Waals surface area contributed by atoms with Crippen LogP contribution in [-0.2, 0) is 11.3 Å². The van der Waals surface area contributed by atoms with Crippen LogP contribution >= 0.6 is 0 Å². The number of aromatic hydroxyl groups is 1. The topological polar surface area (TPSA) is 98.7 Å². The summed E-state index contributed by atoms with van der Waals surface area (Å²) in [4.78, 5) is 24.6. The first kappa shape index (κ1) is 19.8. The van der Waals surface area contributed by atoms with E-state index in [-0.39, 0.29) is 35.7 Å². The van der Waals surface area contributed by atoms with Gasteiger partial charge in [0.1, 0.15) is 11.6 Å². The van der Waals surface area contributed by atoms with Crippen molar-refractivity contribution in [2.45, 2.75) is 38.0 Å². The van der Waals surface area contributed by atoms with Crippen molar-refractivity contribution >= 4 is 11.8 Å². The molecule has 0 aromatic heterocycles. The number of halogens is 1. The molecule has 2 aromatic carbocycles. The average Bonchev–Trinajstić information content (AvgIpc) is 2.68. The number of aliphatic hydroxyl groups excluding tert-OH is 1. The number of rotatable bonds is 5. The molecule has 0 spiro atoms. The number of nitrogens with one attached hydrogen (secondary N) is 2. The Morgan fingerprint density at radius 1 is 1.11 bits per heavy atom. The standard InChI is InChI=1S/C21H23FN2O4/c22-16-7-4-13(5-8-16)12-23-20(27)15-6-9-18(19(26)11-15)24-21(28)14-2-1-3-17(25)10-14/h1-5,7-8,10,15,18-19,25-26H,6,9,11-12H2,(H,23,27)(H,24,28)/t15-,18+,19+/m0/s1. The third kappa shape index (κ3) is 5.07. The van der Waals surface area contributed by atoms with Crippen molar-refractivity contribution in [2.24, 2.45) is 5.92 Å². The summed E-state index contributed by atoms with van der Waals surface area (Å²) in [6.45, 7) is 0.295. The maximum Gasteiger partial charge on any atom is 0.251 e. The van der Waals surface area contributed by atoms with Gasteiger partial charge in [0.15, 0.2) is 0 Å². The fourth-order valence-corrected chi connectivity index (χ4v) is 3.39. The fourth-order valence-electron chi connectivity index (χ4n) is 3.39. The van der Waals surface area contributed by atoms with Crippen molar-refractivity contribution < 1.29 is 24.2 Å². The van der Waals surface area contributed by atoms with Crippen LogP contribution in [0.1, 0.15) is 35.2 Å². The van der Waals surface area contributed by atoms with Crippen LogP contribution in [-0.4, -0.2) is 34.2 Å². The first-order valence-corrected chi connectivity index (χ1v) is 9.22. The van der Waals surface area contributed by atoms with Crippen LogP contribution in [0.2, 0.25) is 0 Å². The lowest BCUT2D eigenvalue weighted by Crippen LogP contribution is -2.49. The quantitative estimate of drug-likeness (QED) is 0.633. The summed E-state index contributed by atoms with van der Waals surface area (Å²) in [6.07, 6.45) is 0.425. The highest BCUT2D eigenvalue weighted by molar-refractivity contribution is 5.94. The molecule has 7 heteroatoms. The van der Waals surface area contributed by atoms with Crippen LogP contribution in [0.25, 0.3) is 0 Å². The van der Waals surface area contributed by atoms with Crippen LogP contribution in [0.3, 0.4) is 0 Å². The van der Waals surface area contributed by atoms with Crippen molar-refractivity contribution in [3.8, 4) is 5.75 Å². The van der Waals surface area contributed by atoms with E-state index in [1.807, 2.05) is 0 Å². The van der Waals surface area contributed by atoms with Crippen LogP contribution in [0.5, 0.6) is 5.75 Å². The Morgan fingerprint density at radius 2 is 1.86 bits per heavy atom. The van der Waals surface area contributed by atoms with Crippen molar-refractivity contribution in [3.05, 3.63) is 65.5 Å². The number of carbonyl (C=O) groups is 2. The molecular weight excluding hydrogens is 363 g/mol. The summed E-state index contributed by atoms with van der Waals surface area (Å²) in [6, 6.07) is 11.4. The van der Waals surface area contributed by atoms with Gasteiger partial charge in [-0.3, -0.25) is 9.59 Å². The normalized spacial score (nSPS) is 21.7. The lowest BCUT2D eigenvalue weighted by atomic mass is 9.83. The van der Waals surface area contributed by atoms with E-state index < -0.39 is 12.1 Å². The highest BCUT2D eigenvalue weighted by atomic mass is 19.1. The second-order valence-electron chi connectivity index (χ2n) is 7.05. The molecule has 1 saturated carbocycles. The van der Waals surface area contributed by atoms with E-state index in [2.05, 4.69) is 10.6 Å². The Bertz CT molecular complexity index is 841. The molecule has 0 bridgehead atoms. The van der Waals surface area contributed by atoms with Gasteiger partial charge in [0, 0.05) is 18.0 Å². The van der Waals surface area contributed by atoms with Gasteiger partial charge < -0.3 is 20.8 Å². The van der Waals surface area contributed by atoms with Gasteiger partial charge in [-0.25, -0.2) is 4.39 Å². The van der Waals surface area contributed by atoms with Crippen molar-refractivity contribution in [3.63, 3.8) is 0 Å². The molecule has 0 aliphatic heterocycles. The molecule has 0 saturated heterocycles. The van der Waals surface area contributed by atoms with Gasteiger partial charge in [-0.1, -0.05) is 18.2 Å². The maximum atomic E-state index is 12.9. The summed E-state index contributed by atoms with van der Waals surface area (Å²) in [5.41, 5.74) is 1.11. The van der Waals surface area contributed by atoms with E-state index in [0.29, 0.717) is 24.9 Å². The second kappa shape index (κ2) is 8.84. The second-order valence-corrected chi connectivity index (χ2v) is 7.05. The average molecular weight is 386 g/mol. The van der Waals surface area contributed by atoms with E-state index in [9.17, 15) is 24.2 Å². The van der Waals surface area contributed by atoms with Gasteiger partial charge in [-0.15, -0.1) is 0 Å². The Morgan fingerprint density at radius 3 is 2.54 bits per heavy atom. The Balaban J connectivity index is 1.49. The van der Waals surface area contributed by atoms with Crippen molar-refractivity contribution in [1.29, 1.82) is 0 Å². The predicted octanol–water partition coefficient (Wildman–Crippen LogP) is 2.11. The third-order valence-electron chi connectivity index (χ3n) is 4.99. The molecule has 2 amide bonds. The summed E-state index contributed by atoms with van der Waals surface area (Å²) >= 11 is 0. The number of hydrogen-bond acceptors (Lipinski definition) is 4. The molecule has 1 fully saturated rings. The fraction of sp³-hybridized carbons (Fsp3) is 0.333. The van der Waals surface area contributed by atoms with Crippen molar-refractivity contribution in [1.82, 2.24) is 10.6 Å². The van der Waals surface area contributed by atoms with E-state index in [1.54, 1.807) is 24.3 Å². The molecular formula is C21H23FN2O4. The first-order valence-electron chi connectivity index (χ1n) is 9.22. The van der Waals surface area contributed by atoms with E-state index in [1.165, 1.54) is 24.3 Å². The molecule has 1 aliphatic rings. The molecule has 0 radical (unpaired) electrons. The van der Waals surface area contributed by atoms with Gasteiger partial charge in [0.2, 0.25) is 5.91 Å². The summed E-state index contributed by atoms with van der Waals surface area (Å²) in [5, 5.41) is 25.4. The Kier molecular flexibility index (Phi) is 6.26. The molecule has 2 aromatic rings. The van der Waals surface area contributed by atoms with E-state index in [4.69, 9.17) is 0 Å². The number of carbonyl (C=O) groups excluding carboxylic acids is 2. The monoisotopic (exact) mass is 386 g/mol. The summed E-state index contributed by atoms with van der Waals surface area (Å²) < 4.78 is 12.9. The number of aliphatic hydroxyl groups is 1. The zero-order chi connectivity index (χ0) is 20.1. The van der Waals surface area contributed by atoms with Gasteiger partial charge in [-0.2, -0.15) is 0 Å². The molecule has 148 valence electrons. The number of amides is 2. The zero-order valence-corrected chi connectivity index (χ0v) is 15.3. The molecule has 3 rings (SSSR count). The summed E-state index contributed by atoms with van der Waals surface area (Å²) in [5.74, 6) is -1.22. The van der Waals surface area contributed by atoms with Crippen LogP contribution in [0, 0.1) is 11.7 Å². The molecule has 1 aliphatic carbocycles. The van der Waals surface area contributed by atoms with Gasteiger partial charge in [-0.05, 0) is 55.2 Å². The Labute approximate surface area is 162 Å². The third-order valence-corrected chi connectivity index (χ3v) is 4.99. The molecule has 3 atom stereocenters.